The van der Waals surface area contributed by atoms with Gasteiger partial charge >= 0.3 is 0 Å². The molecule has 0 radical (unpaired) electrons. The fraction of sp³-hybridized carbons (Fsp3) is 0.143. The number of anilines is 6. The van der Waals surface area contributed by atoms with Crippen LogP contribution < -0.4 is 19.3 Å². The SMILES string of the molecule is CCCOc1ccc(N(c2ccccc2)c2ccc(-c3ccc(N(c4ccccc4)c4ccc(OCCC)cc4)cc3)cc2)cc1. The van der Waals surface area contributed by atoms with Crippen molar-refractivity contribution in [2.24, 2.45) is 0 Å². The first-order chi connectivity index (χ1) is 22.7. The maximum Gasteiger partial charge on any atom is 0.119 e. The molecule has 6 aromatic rings. The van der Waals surface area contributed by atoms with Gasteiger partial charge in [0.15, 0.2) is 0 Å². The minimum atomic E-state index is 0.718. The lowest BCUT2D eigenvalue weighted by Gasteiger charge is -2.26. The molecular weight excluding hydrogens is 564 g/mol. The molecule has 0 saturated carbocycles. The summed E-state index contributed by atoms with van der Waals surface area (Å²) in [4.78, 5) is 4.54. The van der Waals surface area contributed by atoms with E-state index in [1.807, 2.05) is 36.4 Å². The van der Waals surface area contributed by atoms with E-state index in [1.54, 1.807) is 0 Å². The second-order valence-electron chi connectivity index (χ2n) is 11.1. The van der Waals surface area contributed by atoms with Crippen molar-refractivity contribution in [3.05, 3.63) is 158 Å². The Morgan fingerprint density at radius 1 is 0.348 bits per heavy atom. The summed E-state index contributed by atoms with van der Waals surface area (Å²) in [5, 5.41) is 0. The van der Waals surface area contributed by atoms with Gasteiger partial charge in [0.1, 0.15) is 11.5 Å². The Balaban J connectivity index is 1.26. The number of para-hydroxylation sites is 2. The Morgan fingerprint density at radius 3 is 0.935 bits per heavy atom. The predicted molar refractivity (Wildman–Crippen MR) is 193 cm³/mol. The molecule has 0 aliphatic heterocycles. The maximum atomic E-state index is 5.83. The van der Waals surface area contributed by atoms with E-state index in [0.717, 1.165) is 82.8 Å². The molecule has 0 bridgehead atoms. The Morgan fingerprint density at radius 2 is 0.630 bits per heavy atom. The highest BCUT2D eigenvalue weighted by atomic mass is 16.5. The summed E-state index contributed by atoms with van der Waals surface area (Å²) < 4.78 is 11.7. The molecule has 0 aromatic heterocycles. The van der Waals surface area contributed by atoms with Gasteiger partial charge in [-0.2, -0.15) is 0 Å². The van der Waals surface area contributed by atoms with Crippen LogP contribution in [0.5, 0.6) is 11.5 Å². The molecule has 4 heteroatoms. The lowest BCUT2D eigenvalue weighted by atomic mass is 10.0. The van der Waals surface area contributed by atoms with Gasteiger partial charge in [0.05, 0.1) is 13.2 Å². The van der Waals surface area contributed by atoms with Crippen molar-refractivity contribution >= 4 is 34.1 Å². The Kier molecular flexibility index (Phi) is 9.96. The molecule has 0 amide bonds. The first kappa shape index (κ1) is 30.5. The maximum absolute atomic E-state index is 5.83. The fourth-order valence-electron chi connectivity index (χ4n) is 5.48. The van der Waals surface area contributed by atoms with Crippen LogP contribution in [-0.2, 0) is 0 Å². The summed E-state index contributed by atoms with van der Waals surface area (Å²) in [7, 11) is 0. The summed E-state index contributed by atoms with van der Waals surface area (Å²) in [6.07, 6.45) is 1.97. The molecule has 0 unspecified atom stereocenters. The van der Waals surface area contributed by atoms with Crippen molar-refractivity contribution in [2.75, 3.05) is 23.0 Å². The molecule has 0 aliphatic rings. The third-order valence-electron chi connectivity index (χ3n) is 7.75. The van der Waals surface area contributed by atoms with E-state index in [-0.39, 0.29) is 0 Å². The van der Waals surface area contributed by atoms with Crippen molar-refractivity contribution < 1.29 is 9.47 Å². The number of benzene rings is 6. The average Bonchev–Trinajstić information content (AvgIpc) is 3.13. The van der Waals surface area contributed by atoms with Crippen LogP contribution in [0.1, 0.15) is 26.7 Å². The molecule has 0 atom stereocenters. The van der Waals surface area contributed by atoms with E-state index < -0.39 is 0 Å². The molecule has 0 fully saturated rings. The summed E-state index contributed by atoms with van der Waals surface area (Å²) >= 11 is 0. The van der Waals surface area contributed by atoms with Crippen LogP contribution in [0.15, 0.2) is 158 Å². The van der Waals surface area contributed by atoms with Gasteiger partial charge in [-0.15, -0.1) is 0 Å². The highest BCUT2D eigenvalue weighted by Gasteiger charge is 2.15. The lowest BCUT2D eigenvalue weighted by molar-refractivity contribution is 0.317. The van der Waals surface area contributed by atoms with E-state index in [4.69, 9.17) is 9.47 Å². The van der Waals surface area contributed by atoms with Gasteiger partial charge in [0.2, 0.25) is 0 Å². The highest BCUT2D eigenvalue weighted by molar-refractivity contribution is 5.80. The molecule has 0 N–H and O–H groups in total. The second-order valence-corrected chi connectivity index (χ2v) is 11.1. The van der Waals surface area contributed by atoms with E-state index in [0.29, 0.717) is 0 Å². The molecular formula is C42H40N2O2. The van der Waals surface area contributed by atoms with E-state index in [2.05, 4.69) is 145 Å². The Bertz CT molecular complexity index is 1630. The second kappa shape index (κ2) is 15.0. The Hall–Kier alpha value is -5.48. The predicted octanol–water partition coefficient (Wildman–Crippen LogP) is 11.9. The van der Waals surface area contributed by atoms with Gasteiger partial charge in [-0.3, -0.25) is 0 Å². The number of rotatable bonds is 13. The molecule has 0 aliphatic carbocycles. The van der Waals surface area contributed by atoms with Gasteiger partial charge in [-0.1, -0.05) is 74.5 Å². The van der Waals surface area contributed by atoms with Crippen LogP contribution in [-0.4, -0.2) is 13.2 Å². The van der Waals surface area contributed by atoms with Crippen LogP contribution in [0.2, 0.25) is 0 Å². The minimum absolute atomic E-state index is 0.718. The smallest absolute Gasteiger partial charge is 0.119 e. The summed E-state index contributed by atoms with van der Waals surface area (Å²) in [6.45, 7) is 5.67. The standard InChI is InChI=1S/C42H40N2O2/c1-3-31-45-41-27-23-39(24-28-41)43(35-11-7-5-8-12-35)37-19-15-33(16-20-37)34-17-21-38(22-18-34)44(36-13-9-6-10-14-36)40-25-29-42(30-26-40)46-32-4-2/h5-30H,3-4,31-32H2,1-2H3. The number of hydrogen-bond acceptors (Lipinski definition) is 4. The van der Waals surface area contributed by atoms with Gasteiger partial charge in [-0.25, -0.2) is 0 Å². The van der Waals surface area contributed by atoms with E-state index in [9.17, 15) is 0 Å². The molecule has 6 aromatic carbocycles. The molecule has 0 spiro atoms. The van der Waals surface area contributed by atoms with Crippen LogP contribution in [0, 0.1) is 0 Å². The van der Waals surface area contributed by atoms with Gasteiger partial charge in [0, 0.05) is 34.1 Å². The zero-order valence-corrected chi connectivity index (χ0v) is 26.6. The fourth-order valence-corrected chi connectivity index (χ4v) is 5.48. The third kappa shape index (κ3) is 7.24. The zero-order valence-electron chi connectivity index (χ0n) is 26.6. The van der Waals surface area contributed by atoms with Crippen LogP contribution >= 0.6 is 0 Å². The largest absolute Gasteiger partial charge is 0.494 e. The van der Waals surface area contributed by atoms with Crippen LogP contribution in [0.25, 0.3) is 11.1 Å². The first-order valence-electron chi connectivity index (χ1n) is 16.1. The lowest BCUT2D eigenvalue weighted by Crippen LogP contribution is -2.10. The molecule has 46 heavy (non-hydrogen) atoms. The van der Waals surface area contributed by atoms with E-state index >= 15 is 0 Å². The molecule has 230 valence electrons. The third-order valence-corrected chi connectivity index (χ3v) is 7.75. The quantitative estimate of drug-likeness (QED) is 0.131. The van der Waals surface area contributed by atoms with Crippen LogP contribution in [0.4, 0.5) is 34.1 Å². The van der Waals surface area contributed by atoms with Gasteiger partial charge in [0.25, 0.3) is 0 Å². The van der Waals surface area contributed by atoms with Gasteiger partial charge in [-0.05, 0) is 121 Å². The first-order valence-corrected chi connectivity index (χ1v) is 16.1. The van der Waals surface area contributed by atoms with Crippen molar-refractivity contribution in [1.82, 2.24) is 0 Å². The monoisotopic (exact) mass is 604 g/mol. The minimum Gasteiger partial charge on any atom is -0.494 e. The highest BCUT2D eigenvalue weighted by Crippen LogP contribution is 2.38. The number of hydrogen-bond donors (Lipinski definition) is 0. The van der Waals surface area contributed by atoms with Crippen molar-refractivity contribution in [3.63, 3.8) is 0 Å². The topological polar surface area (TPSA) is 24.9 Å². The summed E-state index contributed by atoms with van der Waals surface area (Å²) in [6, 6.07) is 55.2. The number of ether oxygens (including phenoxy) is 2. The van der Waals surface area contributed by atoms with Crippen LogP contribution in [0.3, 0.4) is 0 Å². The van der Waals surface area contributed by atoms with Crippen molar-refractivity contribution in [3.8, 4) is 22.6 Å². The summed E-state index contributed by atoms with van der Waals surface area (Å²) in [5.41, 5.74) is 8.88. The van der Waals surface area contributed by atoms with E-state index in [1.165, 1.54) is 0 Å². The molecule has 6 rings (SSSR count). The average molecular weight is 605 g/mol. The van der Waals surface area contributed by atoms with Crippen molar-refractivity contribution in [1.29, 1.82) is 0 Å². The molecule has 4 nitrogen and oxygen atoms in total. The molecule has 0 saturated heterocycles. The van der Waals surface area contributed by atoms with Gasteiger partial charge < -0.3 is 19.3 Å². The Labute approximate surface area is 273 Å². The zero-order chi connectivity index (χ0) is 31.6. The van der Waals surface area contributed by atoms with Crippen molar-refractivity contribution in [2.45, 2.75) is 26.7 Å². The molecule has 0 heterocycles. The summed E-state index contributed by atoms with van der Waals surface area (Å²) in [5.74, 6) is 1.78. The number of nitrogens with zero attached hydrogens (tertiary/aromatic N) is 2. The normalized spacial score (nSPS) is 10.7.